The van der Waals surface area contributed by atoms with Crippen molar-refractivity contribution in [2.45, 2.75) is 50.7 Å². The number of hydrogen-bond acceptors (Lipinski definition) is 7. The molecule has 0 aliphatic heterocycles. The van der Waals surface area contributed by atoms with Crippen molar-refractivity contribution >= 4 is 22.8 Å². The van der Waals surface area contributed by atoms with Crippen LogP contribution in [0.1, 0.15) is 39.0 Å². The van der Waals surface area contributed by atoms with Gasteiger partial charge in [-0.2, -0.15) is 5.11 Å². The molecule has 4 rings (SSSR count). The van der Waals surface area contributed by atoms with Crippen LogP contribution in [-0.2, 0) is 0 Å². The smallest absolute Gasteiger partial charge is 0.277 e. The highest BCUT2D eigenvalue weighted by atomic mass is 19.1. The molecule has 0 amide bonds. The Labute approximate surface area is 184 Å². The van der Waals surface area contributed by atoms with E-state index in [1.165, 1.54) is 0 Å². The Balaban J connectivity index is 1.60. The standard InChI is InChI=1S/C22H28FN7O2/c1-22(32)8-5-15(6-9-22)26-21-27-20(31)19-16(7-12-30(19)29-21)14-3-4-17(28-24)18(13-14)25-11-2-10-23/h3-4,7,12-13,15,24-25,32H,2,5-6,8-11H2,1H3,(H2,26,27,29,31). The number of H-pyrrole nitrogens is 1. The van der Waals surface area contributed by atoms with Crippen LogP contribution in [0.5, 0.6) is 0 Å². The summed E-state index contributed by atoms with van der Waals surface area (Å²) < 4.78 is 14.0. The van der Waals surface area contributed by atoms with Crippen molar-refractivity contribution in [2.75, 3.05) is 23.9 Å². The molecule has 1 aliphatic rings. The molecule has 0 radical (unpaired) electrons. The number of fused-ring (bicyclic) bond motifs is 1. The van der Waals surface area contributed by atoms with Gasteiger partial charge in [-0.15, -0.1) is 5.10 Å². The van der Waals surface area contributed by atoms with Crippen LogP contribution in [0.2, 0.25) is 0 Å². The zero-order valence-corrected chi connectivity index (χ0v) is 18.0. The Bertz CT molecular complexity index is 1160. The van der Waals surface area contributed by atoms with E-state index < -0.39 is 12.3 Å². The first-order chi connectivity index (χ1) is 15.4. The van der Waals surface area contributed by atoms with E-state index in [-0.39, 0.29) is 11.6 Å². The van der Waals surface area contributed by atoms with Crippen molar-refractivity contribution < 1.29 is 9.50 Å². The zero-order chi connectivity index (χ0) is 22.7. The molecule has 0 unspecified atom stereocenters. The van der Waals surface area contributed by atoms with Crippen molar-refractivity contribution in [3.8, 4) is 11.1 Å². The molecular formula is C22H28FN7O2. The van der Waals surface area contributed by atoms with Crippen LogP contribution in [0.25, 0.3) is 16.6 Å². The molecule has 9 nitrogen and oxygen atoms in total. The molecule has 2 aromatic heterocycles. The van der Waals surface area contributed by atoms with E-state index in [4.69, 9.17) is 5.53 Å². The summed E-state index contributed by atoms with van der Waals surface area (Å²) in [5.41, 5.74) is 9.39. The summed E-state index contributed by atoms with van der Waals surface area (Å²) in [7, 11) is 0. The Hall–Kier alpha value is -3.27. The number of alkyl halides is 1. The Morgan fingerprint density at radius 2 is 2.16 bits per heavy atom. The number of benzene rings is 1. The number of halogens is 1. The van der Waals surface area contributed by atoms with Gasteiger partial charge < -0.3 is 15.7 Å². The van der Waals surface area contributed by atoms with Crippen LogP contribution >= 0.6 is 0 Å². The normalized spacial score (nSPS) is 20.9. The Morgan fingerprint density at radius 1 is 1.38 bits per heavy atom. The third kappa shape index (κ3) is 4.64. The lowest BCUT2D eigenvalue weighted by Crippen LogP contribution is -2.36. The summed E-state index contributed by atoms with van der Waals surface area (Å²) in [4.78, 5) is 15.7. The number of aliphatic hydroxyl groups is 1. The number of rotatable bonds is 8. The quantitative estimate of drug-likeness (QED) is 0.264. The third-order valence-electron chi connectivity index (χ3n) is 5.98. The van der Waals surface area contributed by atoms with E-state index in [2.05, 4.69) is 25.8 Å². The fourth-order valence-electron chi connectivity index (χ4n) is 4.14. The van der Waals surface area contributed by atoms with Gasteiger partial charge in [-0.25, -0.2) is 10.0 Å². The summed E-state index contributed by atoms with van der Waals surface area (Å²) in [6, 6.07) is 7.25. The highest BCUT2D eigenvalue weighted by Crippen LogP contribution is 2.33. The van der Waals surface area contributed by atoms with E-state index in [9.17, 15) is 14.3 Å². The van der Waals surface area contributed by atoms with Crippen molar-refractivity contribution in [2.24, 2.45) is 5.11 Å². The predicted octanol–water partition coefficient (Wildman–Crippen LogP) is 4.23. The third-order valence-corrected chi connectivity index (χ3v) is 5.98. The molecule has 32 heavy (non-hydrogen) atoms. The van der Waals surface area contributed by atoms with Gasteiger partial charge in [0.05, 0.1) is 18.0 Å². The fraction of sp³-hybridized carbons (Fsp3) is 0.455. The fourth-order valence-corrected chi connectivity index (χ4v) is 4.14. The van der Waals surface area contributed by atoms with Crippen LogP contribution < -0.4 is 16.2 Å². The minimum atomic E-state index is -0.624. The Kier molecular flexibility index (Phi) is 6.22. The highest BCUT2D eigenvalue weighted by Gasteiger charge is 2.29. The van der Waals surface area contributed by atoms with Crippen LogP contribution in [0.4, 0.5) is 21.7 Å². The van der Waals surface area contributed by atoms with Crippen molar-refractivity contribution in [1.82, 2.24) is 14.6 Å². The molecule has 10 heteroatoms. The number of aromatic amines is 1. The highest BCUT2D eigenvalue weighted by molar-refractivity contribution is 5.84. The summed E-state index contributed by atoms with van der Waals surface area (Å²) in [6.45, 7) is 1.85. The zero-order valence-electron chi connectivity index (χ0n) is 18.0. The minimum Gasteiger partial charge on any atom is -0.390 e. The molecule has 2 heterocycles. The van der Waals surface area contributed by atoms with E-state index in [0.717, 1.165) is 18.4 Å². The van der Waals surface area contributed by atoms with Crippen LogP contribution in [-0.4, -0.2) is 44.6 Å². The van der Waals surface area contributed by atoms with Gasteiger partial charge in [-0.3, -0.25) is 14.2 Å². The molecule has 1 fully saturated rings. The van der Waals surface area contributed by atoms with Crippen LogP contribution in [0.3, 0.4) is 0 Å². The lowest BCUT2D eigenvalue weighted by Gasteiger charge is -2.33. The average molecular weight is 442 g/mol. The summed E-state index contributed by atoms with van der Waals surface area (Å²) >= 11 is 0. The molecule has 1 aliphatic carbocycles. The number of nitrogens with one attached hydrogen (secondary N) is 4. The van der Waals surface area contributed by atoms with Gasteiger partial charge in [0.2, 0.25) is 5.95 Å². The second kappa shape index (κ2) is 9.07. The number of hydrogen-bond donors (Lipinski definition) is 5. The van der Waals surface area contributed by atoms with Crippen molar-refractivity contribution in [3.05, 3.63) is 40.8 Å². The van der Waals surface area contributed by atoms with Gasteiger partial charge in [0.1, 0.15) is 11.2 Å². The van der Waals surface area contributed by atoms with Crippen molar-refractivity contribution in [1.29, 1.82) is 5.53 Å². The van der Waals surface area contributed by atoms with Gasteiger partial charge >= 0.3 is 0 Å². The molecule has 0 spiro atoms. The second-order valence-corrected chi connectivity index (χ2v) is 8.55. The largest absolute Gasteiger partial charge is 0.390 e. The number of nitrogens with zero attached hydrogens (tertiary/aromatic N) is 3. The van der Waals surface area contributed by atoms with Crippen molar-refractivity contribution in [3.63, 3.8) is 0 Å². The summed E-state index contributed by atoms with van der Waals surface area (Å²) in [5, 5.41) is 24.5. The van der Waals surface area contributed by atoms with Crippen LogP contribution in [0.15, 0.2) is 40.4 Å². The number of anilines is 2. The monoisotopic (exact) mass is 441 g/mol. The molecule has 1 aromatic carbocycles. The van der Waals surface area contributed by atoms with Gasteiger partial charge in [-0.1, -0.05) is 6.07 Å². The average Bonchev–Trinajstić information content (AvgIpc) is 3.20. The molecule has 170 valence electrons. The molecule has 0 bridgehead atoms. The molecule has 0 saturated heterocycles. The topological polar surface area (TPSA) is 131 Å². The molecular weight excluding hydrogens is 413 g/mol. The summed E-state index contributed by atoms with van der Waals surface area (Å²) in [5.74, 6) is 0.396. The lowest BCUT2D eigenvalue weighted by atomic mass is 9.84. The SMILES string of the molecule is CC1(O)CCC(Nc2nn3ccc(-c4ccc(N=N)c(NCCCF)c4)c3c(=O)[nH]2)CC1. The van der Waals surface area contributed by atoms with E-state index >= 15 is 0 Å². The van der Waals surface area contributed by atoms with Crippen LogP contribution in [0, 0.1) is 5.53 Å². The maximum absolute atomic E-state index is 12.9. The first kappa shape index (κ1) is 21.9. The van der Waals surface area contributed by atoms with E-state index in [0.29, 0.717) is 54.2 Å². The van der Waals surface area contributed by atoms with E-state index in [1.807, 2.05) is 13.0 Å². The molecule has 3 aromatic rings. The maximum atomic E-state index is 12.9. The molecule has 0 atom stereocenters. The van der Waals surface area contributed by atoms with Gasteiger partial charge in [-0.05, 0) is 62.8 Å². The first-order valence-corrected chi connectivity index (χ1v) is 10.8. The molecule has 5 N–H and O–H groups in total. The van der Waals surface area contributed by atoms with E-state index in [1.54, 1.807) is 28.9 Å². The van der Waals surface area contributed by atoms with Gasteiger partial charge in [0, 0.05) is 24.3 Å². The summed E-state index contributed by atoms with van der Waals surface area (Å²) in [6.07, 6.45) is 5.10. The van der Waals surface area contributed by atoms with Gasteiger partial charge in [0.25, 0.3) is 5.56 Å². The second-order valence-electron chi connectivity index (χ2n) is 8.55. The maximum Gasteiger partial charge on any atom is 0.277 e. The Morgan fingerprint density at radius 3 is 2.88 bits per heavy atom. The minimum absolute atomic E-state index is 0.143. The lowest BCUT2D eigenvalue weighted by molar-refractivity contribution is 0.0195. The molecule has 1 saturated carbocycles. The predicted molar refractivity (Wildman–Crippen MR) is 122 cm³/mol. The van der Waals surface area contributed by atoms with Gasteiger partial charge in [0.15, 0.2) is 0 Å². The number of aromatic nitrogens is 3. The first-order valence-electron chi connectivity index (χ1n) is 10.8.